The SMILES string of the molecule is N#CC(=Cc1ccsc1)C(=O)Nc1cccc([N+](=O)[O-])c1. The van der Waals surface area contributed by atoms with Crippen molar-refractivity contribution in [1.29, 1.82) is 5.26 Å². The predicted octanol–water partition coefficient (Wildman–Crippen LogP) is 3.20. The number of benzene rings is 1. The summed E-state index contributed by atoms with van der Waals surface area (Å²) in [4.78, 5) is 22.1. The summed E-state index contributed by atoms with van der Waals surface area (Å²) < 4.78 is 0. The van der Waals surface area contributed by atoms with Crippen LogP contribution in [-0.4, -0.2) is 10.8 Å². The average Bonchev–Trinajstić information content (AvgIpc) is 2.97. The Morgan fingerprint density at radius 2 is 2.24 bits per heavy atom. The molecule has 0 saturated heterocycles. The maximum atomic E-state index is 12.0. The second-order valence-electron chi connectivity index (χ2n) is 3.99. The molecule has 1 heterocycles. The number of nitriles is 1. The van der Waals surface area contributed by atoms with Gasteiger partial charge in [-0.1, -0.05) is 6.07 Å². The van der Waals surface area contributed by atoms with Crippen molar-refractivity contribution in [3.05, 3.63) is 62.3 Å². The van der Waals surface area contributed by atoms with Crippen molar-refractivity contribution in [3.63, 3.8) is 0 Å². The molecule has 0 radical (unpaired) electrons. The molecular formula is C14H9N3O3S. The van der Waals surface area contributed by atoms with E-state index in [0.29, 0.717) is 0 Å². The van der Waals surface area contributed by atoms with Crippen LogP contribution in [0.5, 0.6) is 0 Å². The van der Waals surface area contributed by atoms with E-state index < -0.39 is 10.8 Å². The molecule has 2 aromatic rings. The molecule has 0 aliphatic rings. The third kappa shape index (κ3) is 3.75. The van der Waals surface area contributed by atoms with Crippen molar-refractivity contribution in [2.45, 2.75) is 0 Å². The van der Waals surface area contributed by atoms with Gasteiger partial charge in [0.05, 0.1) is 4.92 Å². The number of anilines is 1. The molecule has 21 heavy (non-hydrogen) atoms. The highest BCUT2D eigenvalue weighted by molar-refractivity contribution is 7.08. The Bertz CT molecular complexity index is 745. The molecule has 1 aromatic carbocycles. The van der Waals surface area contributed by atoms with E-state index in [4.69, 9.17) is 5.26 Å². The number of nitrogens with one attached hydrogen (secondary N) is 1. The average molecular weight is 299 g/mol. The molecule has 104 valence electrons. The first-order valence-corrected chi connectivity index (χ1v) is 6.74. The van der Waals surface area contributed by atoms with Crippen LogP contribution in [0.2, 0.25) is 0 Å². The van der Waals surface area contributed by atoms with Crippen molar-refractivity contribution in [2.24, 2.45) is 0 Å². The van der Waals surface area contributed by atoms with Gasteiger partial charge >= 0.3 is 0 Å². The molecule has 6 nitrogen and oxygen atoms in total. The second-order valence-corrected chi connectivity index (χ2v) is 4.77. The molecule has 1 aromatic heterocycles. The number of nitro benzene ring substituents is 1. The van der Waals surface area contributed by atoms with E-state index >= 15 is 0 Å². The minimum Gasteiger partial charge on any atom is -0.321 e. The van der Waals surface area contributed by atoms with Gasteiger partial charge in [0.2, 0.25) is 0 Å². The van der Waals surface area contributed by atoms with Crippen LogP contribution < -0.4 is 5.32 Å². The number of carbonyl (C=O) groups is 1. The van der Waals surface area contributed by atoms with Crippen molar-refractivity contribution < 1.29 is 9.72 Å². The van der Waals surface area contributed by atoms with E-state index in [1.807, 2.05) is 11.4 Å². The van der Waals surface area contributed by atoms with Crippen LogP contribution in [0.3, 0.4) is 0 Å². The summed E-state index contributed by atoms with van der Waals surface area (Å²) in [6.45, 7) is 0. The number of amides is 1. The Labute approximate surface area is 124 Å². The Morgan fingerprint density at radius 1 is 1.43 bits per heavy atom. The minimum absolute atomic E-state index is 0.0695. The number of nitro groups is 1. The highest BCUT2D eigenvalue weighted by Crippen LogP contribution is 2.18. The zero-order valence-electron chi connectivity index (χ0n) is 10.6. The fourth-order valence-electron chi connectivity index (χ4n) is 1.57. The molecule has 2 rings (SSSR count). The van der Waals surface area contributed by atoms with E-state index in [9.17, 15) is 14.9 Å². The summed E-state index contributed by atoms with van der Waals surface area (Å²) in [7, 11) is 0. The highest BCUT2D eigenvalue weighted by atomic mass is 32.1. The normalized spacial score (nSPS) is 10.7. The first kappa shape index (κ1) is 14.4. The monoisotopic (exact) mass is 299 g/mol. The fourth-order valence-corrected chi connectivity index (χ4v) is 2.19. The summed E-state index contributed by atoms with van der Waals surface area (Å²) >= 11 is 1.45. The lowest BCUT2D eigenvalue weighted by Crippen LogP contribution is -2.13. The van der Waals surface area contributed by atoms with Crippen LogP contribution in [0.4, 0.5) is 11.4 Å². The maximum absolute atomic E-state index is 12.0. The van der Waals surface area contributed by atoms with Crippen molar-refractivity contribution in [2.75, 3.05) is 5.32 Å². The Morgan fingerprint density at radius 3 is 2.86 bits per heavy atom. The number of thiophene rings is 1. The van der Waals surface area contributed by atoms with Crippen LogP contribution in [0.25, 0.3) is 6.08 Å². The largest absolute Gasteiger partial charge is 0.321 e. The molecule has 1 N–H and O–H groups in total. The summed E-state index contributed by atoms with van der Waals surface area (Å²) in [5, 5.41) is 25.8. The number of nitrogens with zero attached hydrogens (tertiary/aromatic N) is 2. The number of carbonyl (C=O) groups excluding carboxylic acids is 1. The van der Waals surface area contributed by atoms with Gasteiger partial charge in [-0.15, -0.1) is 0 Å². The zero-order valence-corrected chi connectivity index (χ0v) is 11.5. The lowest BCUT2D eigenvalue weighted by molar-refractivity contribution is -0.384. The zero-order chi connectivity index (χ0) is 15.2. The van der Waals surface area contributed by atoms with E-state index in [1.54, 1.807) is 11.4 Å². The van der Waals surface area contributed by atoms with Gasteiger partial charge in [0.1, 0.15) is 11.6 Å². The molecule has 0 bridgehead atoms. The van der Waals surface area contributed by atoms with Crippen LogP contribution in [0, 0.1) is 21.4 Å². The second kappa shape index (κ2) is 6.45. The molecule has 1 amide bonds. The van der Waals surface area contributed by atoms with Crippen LogP contribution in [0.15, 0.2) is 46.7 Å². The van der Waals surface area contributed by atoms with Gasteiger partial charge in [0.15, 0.2) is 0 Å². The van der Waals surface area contributed by atoms with Crippen molar-refractivity contribution >= 4 is 34.7 Å². The lowest BCUT2D eigenvalue weighted by Gasteiger charge is -2.03. The van der Waals surface area contributed by atoms with E-state index in [1.165, 1.54) is 41.7 Å². The minimum atomic E-state index is -0.607. The summed E-state index contributed by atoms with van der Waals surface area (Å²) in [6.07, 6.45) is 1.46. The van der Waals surface area contributed by atoms with Gasteiger partial charge in [0, 0.05) is 17.8 Å². The summed E-state index contributed by atoms with van der Waals surface area (Å²) in [6, 6.07) is 9.13. The van der Waals surface area contributed by atoms with Gasteiger partial charge in [-0.2, -0.15) is 16.6 Å². The molecule has 0 saturated carbocycles. The van der Waals surface area contributed by atoms with E-state index in [0.717, 1.165) is 5.56 Å². The van der Waals surface area contributed by atoms with Crippen LogP contribution in [0.1, 0.15) is 5.56 Å². The van der Waals surface area contributed by atoms with E-state index in [2.05, 4.69) is 5.32 Å². The molecule has 0 aliphatic heterocycles. The smallest absolute Gasteiger partial charge is 0.271 e. The molecule has 0 atom stereocenters. The number of non-ortho nitro benzene ring substituents is 1. The predicted molar refractivity (Wildman–Crippen MR) is 79.6 cm³/mol. The van der Waals surface area contributed by atoms with Gasteiger partial charge in [-0.05, 0) is 34.5 Å². The first-order chi connectivity index (χ1) is 10.1. The molecule has 0 spiro atoms. The molecule has 0 unspecified atom stereocenters. The number of hydrogen-bond acceptors (Lipinski definition) is 5. The first-order valence-electron chi connectivity index (χ1n) is 5.80. The third-order valence-corrected chi connectivity index (χ3v) is 3.24. The highest BCUT2D eigenvalue weighted by Gasteiger charge is 2.12. The molecular weight excluding hydrogens is 290 g/mol. The van der Waals surface area contributed by atoms with E-state index in [-0.39, 0.29) is 16.9 Å². The topological polar surface area (TPSA) is 96.0 Å². The lowest BCUT2D eigenvalue weighted by atomic mass is 10.2. The van der Waals surface area contributed by atoms with Gasteiger partial charge in [-0.25, -0.2) is 0 Å². The molecule has 7 heteroatoms. The Hall–Kier alpha value is -2.98. The standard InChI is InChI=1S/C14H9N3O3S/c15-8-11(6-10-4-5-21-9-10)14(18)16-12-2-1-3-13(7-12)17(19)20/h1-7,9H,(H,16,18). The number of hydrogen-bond donors (Lipinski definition) is 1. The van der Waals surface area contributed by atoms with Gasteiger partial charge < -0.3 is 5.32 Å². The van der Waals surface area contributed by atoms with Crippen molar-refractivity contribution in [3.8, 4) is 6.07 Å². The fraction of sp³-hybridized carbons (Fsp3) is 0. The number of rotatable bonds is 4. The van der Waals surface area contributed by atoms with Gasteiger partial charge in [-0.3, -0.25) is 14.9 Å². The van der Waals surface area contributed by atoms with Crippen LogP contribution >= 0.6 is 11.3 Å². The summed E-state index contributed by atoms with van der Waals surface area (Å²) in [5.74, 6) is -0.607. The Balaban J connectivity index is 2.19. The quantitative estimate of drug-likeness (QED) is 0.406. The molecule has 0 aliphatic carbocycles. The van der Waals surface area contributed by atoms with Crippen LogP contribution in [-0.2, 0) is 4.79 Å². The van der Waals surface area contributed by atoms with Gasteiger partial charge in [0.25, 0.3) is 11.6 Å². The summed E-state index contributed by atoms with van der Waals surface area (Å²) in [5.41, 5.74) is 0.819. The Kier molecular flexibility index (Phi) is 4.43. The maximum Gasteiger partial charge on any atom is 0.271 e. The van der Waals surface area contributed by atoms with Crippen molar-refractivity contribution in [1.82, 2.24) is 0 Å². The third-order valence-electron chi connectivity index (χ3n) is 2.53. The molecule has 0 fully saturated rings.